The maximum absolute atomic E-state index is 9.46. The van der Waals surface area contributed by atoms with Crippen LogP contribution >= 0.6 is 0 Å². The number of fused-ring (bicyclic) bond motifs is 1. The fourth-order valence-corrected chi connectivity index (χ4v) is 3.08. The molecule has 1 aromatic heterocycles. The first kappa shape index (κ1) is 12.7. The fraction of sp³-hybridized carbons (Fsp3) is 0.294. The third-order valence-corrected chi connectivity index (χ3v) is 4.06. The molecule has 0 saturated carbocycles. The van der Waals surface area contributed by atoms with E-state index in [0.717, 1.165) is 36.1 Å². The van der Waals surface area contributed by atoms with Crippen LogP contribution in [0.1, 0.15) is 42.5 Å². The highest BCUT2D eigenvalue weighted by Gasteiger charge is 2.25. The molecule has 0 spiro atoms. The SMILES string of the molecule is C[C@@H]1CCCc2c1nc(N)c(C#N)c2-c1ccccc1. The zero-order valence-electron chi connectivity index (χ0n) is 11.6. The van der Waals surface area contributed by atoms with Gasteiger partial charge in [-0.15, -0.1) is 0 Å². The summed E-state index contributed by atoms with van der Waals surface area (Å²) < 4.78 is 0. The van der Waals surface area contributed by atoms with E-state index in [1.54, 1.807) is 0 Å². The quantitative estimate of drug-likeness (QED) is 0.854. The third kappa shape index (κ3) is 1.94. The zero-order chi connectivity index (χ0) is 14.1. The number of nitrogens with zero attached hydrogens (tertiary/aromatic N) is 2. The van der Waals surface area contributed by atoms with Gasteiger partial charge in [0.25, 0.3) is 0 Å². The standard InChI is InChI=1S/C17H17N3/c1-11-6-5-9-13-15(12-7-3-2-4-8-12)14(10-18)17(19)20-16(11)13/h2-4,7-8,11H,5-6,9H2,1H3,(H2,19,20)/t11-/m1/s1. The Bertz CT molecular complexity index is 684. The maximum Gasteiger partial charge on any atom is 0.142 e. The number of rotatable bonds is 1. The molecule has 1 aliphatic rings. The molecule has 0 bridgehead atoms. The summed E-state index contributed by atoms with van der Waals surface area (Å²) in [6, 6.07) is 12.3. The number of benzene rings is 1. The van der Waals surface area contributed by atoms with Gasteiger partial charge in [0.1, 0.15) is 17.5 Å². The van der Waals surface area contributed by atoms with Crippen LogP contribution in [0, 0.1) is 11.3 Å². The number of hydrogen-bond donors (Lipinski definition) is 1. The molecule has 3 rings (SSSR count). The molecule has 0 saturated heterocycles. The monoisotopic (exact) mass is 263 g/mol. The lowest BCUT2D eigenvalue weighted by Gasteiger charge is -2.25. The van der Waals surface area contributed by atoms with Crippen molar-refractivity contribution in [3.8, 4) is 17.2 Å². The van der Waals surface area contributed by atoms with Gasteiger partial charge in [0.05, 0.1) is 0 Å². The molecule has 20 heavy (non-hydrogen) atoms. The second-order valence-corrected chi connectivity index (χ2v) is 5.38. The molecule has 0 radical (unpaired) electrons. The summed E-state index contributed by atoms with van der Waals surface area (Å²) in [4.78, 5) is 4.51. The first-order valence-corrected chi connectivity index (χ1v) is 7.00. The van der Waals surface area contributed by atoms with Crippen molar-refractivity contribution in [3.63, 3.8) is 0 Å². The summed E-state index contributed by atoms with van der Waals surface area (Å²) >= 11 is 0. The van der Waals surface area contributed by atoms with Crippen molar-refractivity contribution in [2.24, 2.45) is 0 Å². The molecule has 3 heteroatoms. The number of nitrogens with two attached hydrogens (primary N) is 1. The van der Waals surface area contributed by atoms with Crippen molar-refractivity contribution in [3.05, 3.63) is 47.2 Å². The van der Waals surface area contributed by atoms with Crippen LogP contribution in [0.4, 0.5) is 5.82 Å². The van der Waals surface area contributed by atoms with Crippen LogP contribution in [0.2, 0.25) is 0 Å². The van der Waals surface area contributed by atoms with Gasteiger partial charge in [0.15, 0.2) is 0 Å². The molecule has 1 heterocycles. The lowest BCUT2D eigenvalue weighted by atomic mass is 9.82. The molecular weight excluding hydrogens is 246 g/mol. The van der Waals surface area contributed by atoms with Crippen LogP contribution in [-0.4, -0.2) is 4.98 Å². The molecule has 0 fully saturated rings. The predicted octanol–water partition coefficient (Wildman–Crippen LogP) is 3.64. The van der Waals surface area contributed by atoms with Crippen LogP contribution in [0.25, 0.3) is 11.1 Å². The zero-order valence-corrected chi connectivity index (χ0v) is 11.6. The highest BCUT2D eigenvalue weighted by atomic mass is 14.9. The van der Waals surface area contributed by atoms with Crippen molar-refractivity contribution in [2.45, 2.75) is 32.1 Å². The Morgan fingerprint density at radius 3 is 2.75 bits per heavy atom. The lowest BCUT2D eigenvalue weighted by Crippen LogP contribution is -2.14. The topological polar surface area (TPSA) is 62.7 Å². The summed E-state index contributed by atoms with van der Waals surface area (Å²) in [5.74, 6) is 0.773. The second-order valence-electron chi connectivity index (χ2n) is 5.38. The van der Waals surface area contributed by atoms with Crippen molar-refractivity contribution < 1.29 is 0 Å². The van der Waals surface area contributed by atoms with Crippen molar-refractivity contribution in [2.75, 3.05) is 5.73 Å². The molecule has 0 unspecified atom stereocenters. The van der Waals surface area contributed by atoms with Gasteiger partial charge in [-0.25, -0.2) is 4.98 Å². The van der Waals surface area contributed by atoms with E-state index in [9.17, 15) is 5.26 Å². The molecular formula is C17H17N3. The molecule has 0 amide bonds. The van der Waals surface area contributed by atoms with Crippen LogP contribution in [-0.2, 0) is 6.42 Å². The summed E-state index contributed by atoms with van der Waals surface area (Å²) in [5, 5.41) is 9.46. The second kappa shape index (κ2) is 4.97. The average molecular weight is 263 g/mol. The number of nitriles is 1. The Kier molecular flexibility index (Phi) is 3.15. The Balaban J connectivity index is 2.34. The Hall–Kier alpha value is -2.34. The fourth-order valence-electron chi connectivity index (χ4n) is 3.08. The van der Waals surface area contributed by atoms with Gasteiger partial charge in [-0.05, 0) is 36.3 Å². The minimum atomic E-state index is 0.360. The van der Waals surface area contributed by atoms with Crippen molar-refractivity contribution in [1.82, 2.24) is 4.98 Å². The summed E-state index contributed by atoms with van der Waals surface area (Å²) in [7, 11) is 0. The van der Waals surface area contributed by atoms with Gasteiger partial charge >= 0.3 is 0 Å². The molecule has 0 aliphatic heterocycles. The molecule has 100 valence electrons. The summed E-state index contributed by atoms with van der Waals surface area (Å²) in [6.07, 6.45) is 3.26. The van der Waals surface area contributed by atoms with E-state index in [2.05, 4.69) is 18.0 Å². The lowest BCUT2D eigenvalue weighted by molar-refractivity contribution is 0.575. The maximum atomic E-state index is 9.46. The van der Waals surface area contributed by atoms with Gasteiger partial charge in [0.2, 0.25) is 0 Å². The Labute approximate surface area is 119 Å². The molecule has 3 nitrogen and oxygen atoms in total. The third-order valence-electron chi connectivity index (χ3n) is 4.06. The number of anilines is 1. The van der Waals surface area contributed by atoms with Gasteiger partial charge in [-0.3, -0.25) is 0 Å². The first-order chi connectivity index (χ1) is 9.72. The minimum Gasteiger partial charge on any atom is -0.383 e. The molecule has 2 aromatic rings. The molecule has 2 N–H and O–H groups in total. The van der Waals surface area contributed by atoms with E-state index in [1.807, 2.05) is 30.3 Å². The van der Waals surface area contributed by atoms with Gasteiger partial charge in [-0.1, -0.05) is 37.3 Å². The normalized spacial score (nSPS) is 17.3. The first-order valence-electron chi connectivity index (χ1n) is 7.00. The van der Waals surface area contributed by atoms with E-state index in [0.29, 0.717) is 17.3 Å². The number of aromatic nitrogens is 1. The van der Waals surface area contributed by atoms with Crippen molar-refractivity contribution in [1.29, 1.82) is 5.26 Å². The highest BCUT2D eigenvalue weighted by Crippen LogP contribution is 2.39. The van der Waals surface area contributed by atoms with E-state index in [1.165, 1.54) is 5.56 Å². The molecule has 1 atom stereocenters. The minimum absolute atomic E-state index is 0.360. The Morgan fingerprint density at radius 2 is 2.05 bits per heavy atom. The van der Waals surface area contributed by atoms with Crippen LogP contribution in [0.15, 0.2) is 30.3 Å². The highest BCUT2D eigenvalue weighted by molar-refractivity contribution is 5.79. The predicted molar refractivity (Wildman–Crippen MR) is 80.2 cm³/mol. The van der Waals surface area contributed by atoms with Gasteiger partial charge in [0, 0.05) is 11.3 Å². The average Bonchev–Trinajstić information content (AvgIpc) is 2.48. The van der Waals surface area contributed by atoms with Crippen LogP contribution < -0.4 is 5.73 Å². The number of hydrogen-bond acceptors (Lipinski definition) is 3. The van der Waals surface area contributed by atoms with E-state index < -0.39 is 0 Å². The van der Waals surface area contributed by atoms with Crippen LogP contribution in [0.3, 0.4) is 0 Å². The van der Waals surface area contributed by atoms with E-state index in [-0.39, 0.29) is 0 Å². The van der Waals surface area contributed by atoms with Gasteiger partial charge in [-0.2, -0.15) is 5.26 Å². The number of nitrogen functional groups attached to an aromatic ring is 1. The molecule has 1 aliphatic carbocycles. The van der Waals surface area contributed by atoms with E-state index >= 15 is 0 Å². The van der Waals surface area contributed by atoms with E-state index in [4.69, 9.17) is 5.73 Å². The summed E-state index contributed by atoms with van der Waals surface area (Å²) in [6.45, 7) is 2.19. The molecule has 1 aromatic carbocycles. The van der Waals surface area contributed by atoms with Crippen molar-refractivity contribution >= 4 is 5.82 Å². The smallest absolute Gasteiger partial charge is 0.142 e. The Morgan fingerprint density at radius 1 is 1.30 bits per heavy atom. The number of pyridine rings is 1. The largest absolute Gasteiger partial charge is 0.383 e. The van der Waals surface area contributed by atoms with Gasteiger partial charge < -0.3 is 5.73 Å². The van der Waals surface area contributed by atoms with Crippen LogP contribution in [0.5, 0.6) is 0 Å². The summed E-state index contributed by atoms with van der Waals surface area (Å²) in [5.41, 5.74) is 10.9.